The molecule has 0 aliphatic heterocycles. The molecule has 0 fully saturated rings. The van der Waals surface area contributed by atoms with Crippen LogP contribution in [0, 0.1) is 0 Å². The Kier molecular flexibility index (Phi) is 6.88. The van der Waals surface area contributed by atoms with Crippen molar-refractivity contribution in [1.82, 2.24) is 25.2 Å². The number of urea groups is 1. The lowest BCUT2D eigenvalue weighted by Crippen LogP contribution is -2.41. The number of carboxylic acids is 1. The topological polar surface area (TPSA) is 110 Å². The number of methoxy groups -OCH3 is 1. The predicted molar refractivity (Wildman–Crippen MR) is 73.5 cm³/mol. The minimum Gasteiger partial charge on any atom is -0.480 e. The molecule has 2 N–H and O–H groups in total. The van der Waals surface area contributed by atoms with E-state index in [1.807, 2.05) is 0 Å². The first-order chi connectivity index (χ1) is 10.1. The molecule has 9 nitrogen and oxygen atoms in total. The molecule has 0 aromatic carbocycles. The van der Waals surface area contributed by atoms with E-state index < -0.39 is 5.97 Å². The molecule has 0 saturated carbocycles. The van der Waals surface area contributed by atoms with Crippen molar-refractivity contribution in [3.05, 3.63) is 24.5 Å². The molecule has 2 amide bonds. The minimum absolute atomic E-state index is 0.166. The van der Waals surface area contributed by atoms with E-state index >= 15 is 0 Å². The Hall–Kier alpha value is -2.42. The van der Waals surface area contributed by atoms with E-state index in [1.165, 1.54) is 15.8 Å². The quantitative estimate of drug-likeness (QED) is 0.606. The van der Waals surface area contributed by atoms with Crippen LogP contribution >= 0.6 is 0 Å². The second-order valence-electron chi connectivity index (χ2n) is 4.19. The largest absolute Gasteiger partial charge is 0.480 e. The summed E-state index contributed by atoms with van der Waals surface area (Å²) >= 11 is 0. The molecule has 0 spiro atoms. The van der Waals surface area contributed by atoms with Gasteiger partial charge in [-0.25, -0.2) is 9.48 Å². The fraction of sp³-hybridized carbons (Fsp3) is 0.500. The highest BCUT2D eigenvalue weighted by Gasteiger charge is 2.12. The fourth-order valence-electron chi connectivity index (χ4n) is 1.55. The SMILES string of the molecule is C=CCN(CCOC)C(=O)NCc1cn(CC(=O)O)nn1. The van der Waals surface area contributed by atoms with Gasteiger partial charge in [0.1, 0.15) is 12.2 Å². The standard InChI is InChI=1S/C12H19N5O4/c1-3-4-16(5-6-21-2)12(20)13-7-10-8-17(15-14-10)9-11(18)19/h3,8H,1,4-7,9H2,2H3,(H,13,20)(H,18,19). The van der Waals surface area contributed by atoms with Crippen molar-refractivity contribution in [3.63, 3.8) is 0 Å². The summed E-state index contributed by atoms with van der Waals surface area (Å²) in [6, 6.07) is -0.278. The van der Waals surface area contributed by atoms with Gasteiger partial charge in [-0.3, -0.25) is 4.79 Å². The van der Waals surface area contributed by atoms with Gasteiger partial charge in [-0.15, -0.1) is 11.7 Å². The molecule has 1 rings (SSSR count). The van der Waals surface area contributed by atoms with Gasteiger partial charge >= 0.3 is 12.0 Å². The van der Waals surface area contributed by atoms with Gasteiger partial charge in [-0.1, -0.05) is 11.3 Å². The second kappa shape index (κ2) is 8.69. The summed E-state index contributed by atoms with van der Waals surface area (Å²) in [5.41, 5.74) is 0.481. The van der Waals surface area contributed by atoms with Gasteiger partial charge in [-0.05, 0) is 0 Å². The van der Waals surface area contributed by atoms with Crippen molar-refractivity contribution in [2.24, 2.45) is 0 Å². The monoisotopic (exact) mass is 297 g/mol. The highest BCUT2D eigenvalue weighted by atomic mass is 16.5. The van der Waals surface area contributed by atoms with Crippen LogP contribution in [0.4, 0.5) is 4.79 Å². The maximum atomic E-state index is 12.0. The van der Waals surface area contributed by atoms with Crippen LogP contribution in [0.2, 0.25) is 0 Å². The molecule has 0 radical (unpaired) electrons. The number of amides is 2. The number of carboxylic acid groups (broad SMARTS) is 1. The highest BCUT2D eigenvalue weighted by molar-refractivity contribution is 5.74. The number of carbonyl (C=O) groups excluding carboxylic acids is 1. The van der Waals surface area contributed by atoms with E-state index in [0.717, 1.165) is 0 Å². The van der Waals surface area contributed by atoms with Gasteiger partial charge < -0.3 is 20.1 Å². The molecule has 0 saturated heterocycles. The molecule has 0 atom stereocenters. The van der Waals surface area contributed by atoms with E-state index in [0.29, 0.717) is 25.4 Å². The van der Waals surface area contributed by atoms with Gasteiger partial charge in [0, 0.05) is 20.2 Å². The molecule has 0 unspecified atom stereocenters. The average molecular weight is 297 g/mol. The first kappa shape index (κ1) is 16.6. The molecular weight excluding hydrogens is 278 g/mol. The summed E-state index contributed by atoms with van der Waals surface area (Å²) in [7, 11) is 1.56. The Morgan fingerprint density at radius 3 is 3.00 bits per heavy atom. The van der Waals surface area contributed by atoms with Gasteiger partial charge in [0.25, 0.3) is 0 Å². The van der Waals surface area contributed by atoms with E-state index in [4.69, 9.17) is 9.84 Å². The van der Waals surface area contributed by atoms with Crippen molar-refractivity contribution in [1.29, 1.82) is 0 Å². The smallest absolute Gasteiger partial charge is 0.325 e. The second-order valence-corrected chi connectivity index (χ2v) is 4.19. The summed E-state index contributed by atoms with van der Waals surface area (Å²) in [6.45, 7) is 4.77. The summed E-state index contributed by atoms with van der Waals surface area (Å²) in [5.74, 6) is -1.01. The van der Waals surface area contributed by atoms with E-state index in [9.17, 15) is 9.59 Å². The lowest BCUT2D eigenvalue weighted by molar-refractivity contribution is -0.137. The van der Waals surface area contributed by atoms with E-state index in [-0.39, 0.29) is 19.1 Å². The summed E-state index contributed by atoms with van der Waals surface area (Å²) < 4.78 is 6.13. The molecular formula is C12H19N5O4. The first-order valence-corrected chi connectivity index (χ1v) is 6.30. The van der Waals surface area contributed by atoms with Crippen LogP contribution in [0.5, 0.6) is 0 Å². The molecule has 1 aromatic heterocycles. The number of aromatic nitrogens is 3. The van der Waals surface area contributed by atoms with Crippen LogP contribution in [-0.2, 0) is 22.6 Å². The lowest BCUT2D eigenvalue weighted by atomic mass is 10.4. The number of hydrogen-bond donors (Lipinski definition) is 2. The molecule has 1 heterocycles. The number of aliphatic carboxylic acids is 1. The molecule has 9 heteroatoms. The third-order valence-corrected chi connectivity index (χ3v) is 2.51. The third kappa shape index (κ3) is 6.04. The Morgan fingerprint density at radius 2 is 2.38 bits per heavy atom. The van der Waals surface area contributed by atoms with Crippen LogP contribution in [0.25, 0.3) is 0 Å². The lowest BCUT2D eigenvalue weighted by Gasteiger charge is -2.20. The number of hydrogen-bond acceptors (Lipinski definition) is 5. The molecule has 1 aromatic rings. The Labute approximate surface area is 122 Å². The Bertz CT molecular complexity index is 488. The summed E-state index contributed by atoms with van der Waals surface area (Å²) in [6.07, 6.45) is 3.10. The van der Waals surface area contributed by atoms with E-state index in [1.54, 1.807) is 13.2 Å². The van der Waals surface area contributed by atoms with Crippen LogP contribution in [0.3, 0.4) is 0 Å². The maximum absolute atomic E-state index is 12.0. The van der Waals surface area contributed by atoms with Crippen LogP contribution in [0.1, 0.15) is 5.69 Å². The summed E-state index contributed by atoms with van der Waals surface area (Å²) in [5, 5.41) is 18.7. The van der Waals surface area contributed by atoms with Gasteiger partial charge in [-0.2, -0.15) is 0 Å². The van der Waals surface area contributed by atoms with Crippen molar-refractivity contribution >= 4 is 12.0 Å². The zero-order valence-corrected chi connectivity index (χ0v) is 11.9. The molecule has 0 bridgehead atoms. The number of ether oxygens (including phenoxy) is 1. The van der Waals surface area contributed by atoms with Gasteiger partial charge in [0.15, 0.2) is 0 Å². The predicted octanol–water partition coefficient (Wildman–Crippen LogP) is -0.293. The van der Waals surface area contributed by atoms with Crippen LogP contribution in [-0.4, -0.2) is 63.8 Å². The third-order valence-electron chi connectivity index (χ3n) is 2.51. The van der Waals surface area contributed by atoms with Crippen LogP contribution < -0.4 is 5.32 Å². The van der Waals surface area contributed by atoms with Crippen molar-refractivity contribution in [2.75, 3.05) is 26.8 Å². The fourth-order valence-corrected chi connectivity index (χ4v) is 1.55. The molecule has 21 heavy (non-hydrogen) atoms. The Balaban J connectivity index is 2.47. The molecule has 116 valence electrons. The highest BCUT2D eigenvalue weighted by Crippen LogP contribution is 1.96. The zero-order valence-electron chi connectivity index (χ0n) is 11.9. The number of nitrogens with one attached hydrogen (secondary N) is 1. The first-order valence-electron chi connectivity index (χ1n) is 6.30. The number of carbonyl (C=O) groups is 2. The van der Waals surface area contributed by atoms with Crippen molar-refractivity contribution in [3.8, 4) is 0 Å². The van der Waals surface area contributed by atoms with Gasteiger partial charge in [0.05, 0.1) is 19.3 Å². The normalized spacial score (nSPS) is 10.1. The van der Waals surface area contributed by atoms with E-state index in [2.05, 4.69) is 22.2 Å². The summed E-state index contributed by atoms with van der Waals surface area (Å²) in [4.78, 5) is 24.0. The molecule has 0 aliphatic carbocycles. The van der Waals surface area contributed by atoms with Crippen molar-refractivity contribution in [2.45, 2.75) is 13.1 Å². The van der Waals surface area contributed by atoms with Crippen molar-refractivity contribution < 1.29 is 19.4 Å². The molecule has 0 aliphatic rings. The number of rotatable bonds is 9. The average Bonchev–Trinajstić information content (AvgIpc) is 2.87. The zero-order chi connectivity index (χ0) is 15.7. The van der Waals surface area contributed by atoms with Crippen LogP contribution in [0.15, 0.2) is 18.9 Å². The number of nitrogens with zero attached hydrogens (tertiary/aromatic N) is 4. The minimum atomic E-state index is -1.01. The Morgan fingerprint density at radius 1 is 1.62 bits per heavy atom. The van der Waals surface area contributed by atoms with Gasteiger partial charge in [0.2, 0.25) is 0 Å². The maximum Gasteiger partial charge on any atom is 0.325 e.